The molecule has 1 aliphatic heterocycles. The minimum atomic E-state index is -3.69. The van der Waals surface area contributed by atoms with Crippen LogP contribution in [-0.2, 0) is 10.0 Å². The second-order valence-corrected chi connectivity index (χ2v) is 7.08. The zero-order valence-corrected chi connectivity index (χ0v) is 14.1. The summed E-state index contributed by atoms with van der Waals surface area (Å²) in [7, 11) is -0.754. The van der Waals surface area contributed by atoms with Gasteiger partial charge >= 0.3 is 0 Å². The maximum absolute atomic E-state index is 13.2. The van der Waals surface area contributed by atoms with Crippen molar-refractivity contribution in [3.63, 3.8) is 0 Å². The largest absolute Gasteiger partial charge is 0.495 e. The van der Waals surface area contributed by atoms with Gasteiger partial charge in [0, 0.05) is 19.1 Å². The van der Waals surface area contributed by atoms with Crippen LogP contribution in [0.1, 0.15) is 19.8 Å². The lowest BCUT2D eigenvalue weighted by Crippen LogP contribution is -2.42. The molecular formula is C15H24N2O4S. The Labute approximate surface area is 132 Å². The molecule has 0 aliphatic carbocycles. The number of ether oxygens (including phenoxy) is 2. The number of sulfonamides is 1. The van der Waals surface area contributed by atoms with Gasteiger partial charge in [0.25, 0.3) is 10.0 Å². The molecule has 1 aromatic rings. The zero-order valence-electron chi connectivity index (χ0n) is 13.3. The highest BCUT2D eigenvalue weighted by Gasteiger charge is 2.36. The van der Waals surface area contributed by atoms with Gasteiger partial charge in [0.1, 0.15) is 11.5 Å². The summed E-state index contributed by atoms with van der Waals surface area (Å²) in [6.45, 7) is 3.97. The molecule has 1 N–H and O–H groups in total. The van der Waals surface area contributed by atoms with Gasteiger partial charge in [-0.15, -0.1) is 0 Å². The summed E-state index contributed by atoms with van der Waals surface area (Å²) in [5.74, 6) is 0.623. The van der Waals surface area contributed by atoms with Crippen LogP contribution in [0, 0.1) is 0 Å². The molecule has 6 nitrogen and oxygen atoms in total. The maximum atomic E-state index is 13.2. The van der Waals surface area contributed by atoms with Gasteiger partial charge in [0.15, 0.2) is 4.90 Å². The lowest BCUT2D eigenvalue weighted by molar-refractivity contribution is 0.325. The molecule has 2 rings (SSSR count). The molecule has 0 saturated carbocycles. The predicted octanol–water partition coefficient (Wildman–Crippen LogP) is 1.47. The smallest absolute Gasteiger partial charge is 0.250 e. The van der Waals surface area contributed by atoms with Crippen LogP contribution in [0.2, 0.25) is 0 Å². The topological polar surface area (TPSA) is 67.9 Å². The van der Waals surface area contributed by atoms with Crippen molar-refractivity contribution in [1.29, 1.82) is 0 Å². The van der Waals surface area contributed by atoms with Crippen LogP contribution in [0.5, 0.6) is 11.5 Å². The number of rotatable bonds is 7. The molecule has 0 spiro atoms. The number of benzene rings is 1. The van der Waals surface area contributed by atoms with Crippen molar-refractivity contribution in [3.8, 4) is 11.5 Å². The Hall–Kier alpha value is -1.31. The van der Waals surface area contributed by atoms with Crippen molar-refractivity contribution >= 4 is 10.0 Å². The van der Waals surface area contributed by atoms with E-state index in [1.807, 2.05) is 6.92 Å². The molecule has 22 heavy (non-hydrogen) atoms. The molecule has 1 atom stereocenters. The van der Waals surface area contributed by atoms with Crippen LogP contribution in [0.25, 0.3) is 0 Å². The summed E-state index contributed by atoms with van der Waals surface area (Å²) in [6.07, 6.45) is 1.57. The molecule has 1 aromatic carbocycles. The lowest BCUT2D eigenvalue weighted by Gasteiger charge is -2.28. The number of nitrogens with zero attached hydrogens (tertiary/aromatic N) is 1. The summed E-state index contributed by atoms with van der Waals surface area (Å²) in [4.78, 5) is 0.111. The fraction of sp³-hybridized carbons (Fsp3) is 0.600. The highest BCUT2D eigenvalue weighted by Crippen LogP contribution is 2.36. The van der Waals surface area contributed by atoms with E-state index in [1.165, 1.54) is 14.2 Å². The summed E-state index contributed by atoms with van der Waals surface area (Å²) >= 11 is 0. The summed E-state index contributed by atoms with van der Waals surface area (Å²) in [6, 6.07) is 4.98. The van der Waals surface area contributed by atoms with Gasteiger partial charge in [-0.25, -0.2) is 8.42 Å². The van der Waals surface area contributed by atoms with Gasteiger partial charge < -0.3 is 14.8 Å². The molecule has 0 aromatic heterocycles. The van der Waals surface area contributed by atoms with E-state index in [-0.39, 0.29) is 10.9 Å². The summed E-state index contributed by atoms with van der Waals surface area (Å²) in [5.41, 5.74) is 0. The van der Waals surface area contributed by atoms with Gasteiger partial charge in [0.05, 0.1) is 14.2 Å². The third-order valence-electron chi connectivity index (χ3n) is 3.83. The fourth-order valence-electron chi connectivity index (χ4n) is 2.79. The first kappa shape index (κ1) is 17.1. The molecule has 124 valence electrons. The molecular weight excluding hydrogens is 304 g/mol. The lowest BCUT2D eigenvalue weighted by atomic mass is 10.2. The van der Waals surface area contributed by atoms with Crippen molar-refractivity contribution in [2.45, 2.75) is 30.7 Å². The van der Waals surface area contributed by atoms with Crippen molar-refractivity contribution in [1.82, 2.24) is 9.62 Å². The van der Waals surface area contributed by atoms with Crippen LogP contribution in [0.15, 0.2) is 23.1 Å². The average Bonchev–Trinajstić information content (AvgIpc) is 3.05. The van der Waals surface area contributed by atoms with Gasteiger partial charge in [-0.1, -0.05) is 13.0 Å². The molecule has 1 saturated heterocycles. The molecule has 0 radical (unpaired) electrons. The van der Waals surface area contributed by atoms with Crippen LogP contribution >= 0.6 is 0 Å². The van der Waals surface area contributed by atoms with Gasteiger partial charge in [-0.2, -0.15) is 4.31 Å². The van der Waals surface area contributed by atoms with Crippen LogP contribution < -0.4 is 14.8 Å². The minimum Gasteiger partial charge on any atom is -0.495 e. The number of methoxy groups -OCH3 is 2. The molecule has 0 bridgehead atoms. The van der Waals surface area contributed by atoms with Crippen molar-refractivity contribution < 1.29 is 17.9 Å². The third-order valence-corrected chi connectivity index (χ3v) is 5.85. The first-order valence-corrected chi connectivity index (χ1v) is 8.93. The molecule has 1 unspecified atom stereocenters. The third kappa shape index (κ3) is 3.21. The fourth-order valence-corrected chi connectivity index (χ4v) is 4.83. The van der Waals surface area contributed by atoms with Crippen LogP contribution in [0.3, 0.4) is 0 Å². The van der Waals surface area contributed by atoms with Gasteiger partial charge in [0.2, 0.25) is 0 Å². The first-order chi connectivity index (χ1) is 10.6. The maximum Gasteiger partial charge on any atom is 0.250 e. The number of nitrogens with one attached hydrogen (secondary N) is 1. The Bertz CT molecular complexity index is 575. The molecule has 1 fully saturated rings. The highest BCUT2D eigenvalue weighted by molar-refractivity contribution is 7.89. The van der Waals surface area contributed by atoms with E-state index in [9.17, 15) is 8.42 Å². The first-order valence-electron chi connectivity index (χ1n) is 7.49. The van der Waals surface area contributed by atoms with Gasteiger partial charge in [-0.05, 0) is 31.5 Å². The molecule has 0 amide bonds. The second-order valence-electron chi connectivity index (χ2n) is 5.25. The van der Waals surface area contributed by atoms with Crippen molar-refractivity contribution in [2.75, 3.05) is 33.9 Å². The Morgan fingerprint density at radius 3 is 2.36 bits per heavy atom. The van der Waals surface area contributed by atoms with E-state index in [4.69, 9.17) is 9.47 Å². The number of hydrogen-bond acceptors (Lipinski definition) is 5. The second kappa shape index (κ2) is 7.30. The molecule has 1 aliphatic rings. The van der Waals surface area contributed by atoms with Gasteiger partial charge in [-0.3, -0.25) is 0 Å². The Morgan fingerprint density at radius 2 is 1.91 bits per heavy atom. The normalized spacial score (nSPS) is 18.6. The van der Waals surface area contributed by atoms with E-state index in [1.54, 1.807) is 22.5 Å². The van der Waals surface area contributed by atoms with E-state index in [0.29, 0.717) is 24.6 Å². The van der Waals surface area contributed by atoms with Crippen LogP contribution in [0.4, 0.5) is 0 Å². The SMILES string of the molecule is CCCN(C1CCNC1)S(=O)(=O)c1c(OC)cccc1OC. The monoisotopic (exact) mass is 328 g/mol. The minimum absolute atomic E-state index is 0.0282. The van der Waals surface area contributed by atoms with Crippen molar-refractivity contribution in [2.24, 2.45) is 0 Å². The van der Waals surface area contributed by atoms with E-state index in [2.05, 4.69) is 5.32 Å². The number of hydrogen-bond donors (Lipinski definition) is 1. The Morgan fingerprint density at radius 1 is 1.27 bits per heavy atom. The molecule has 7 heteroatoms. The van der Waals surface area contributed by atoms with E-state index >= 15 is 0 Å². The zero-order chi connectivity index (χ0) is 16.2. The summed E-state index contributed by atoms with van der Waals surface area (Å²) in [5, 5.41) is 3.22. The van der Waals surface area contributed by atoms with E-state index in [0.717, 1.165) is 19.4 Å². The average molecular weight is 328 g/mol. The molecule has 1 heterocycles. The standard InChI is InChI=1S/C15H24N2O4S/c1-4-10-17(12-8-9-16-11-12)22(18,19)15-13(20-2)6-5-7-14(15)21-3/h5-7,12,16H,4,8-11H2,1-3H3. The van der Waals surface area contributed by atoms with Crippen molar-refractivity contribution in [3.05, 3.63) is 18.2 Å². The summed E-state index contributed by atoms with van der Waals surface area (Å²) < 4.78 is 38.5. The Kier molecular flexibility index (Phi) is 5.66. The quantitative estimate of drug-likeness (QED) is 0.821. The predicted molar refractivity (Wildman–Crippen MR) is 85.0 cm³/mol. The highest BCUT2D eigenvalue weighted by atomic mass is 32.2. The van der Waals surface area contributed by atoms with E-state index < -0.39 is 10.0 Å². The van der Waals surface area contributed by atoms with Crippen LogP contribution in [-0.4, -0.2) is 52.6 Å². The Balaban J connectivity index is 2.51.